The summed E-state index contributed by atoms with van der Waals surface area (Å²) < 4.78 is 0. The summed E-state index contributed by atoms with van der Waals surface area (Å²) in [7, 11) is 0. The van der Waals surface area contributed by atoms with Crippen LogP contribution in [0.15, 0.2) is 18.3 Å². The van der Waals surface area contributed by atoms with Crippen LogP contribution in [0.25, 0.3) is 0 Å². The quantitative estimate of drug-likeness (QED) is 0.805. The minimum absolute atomic E-state index is 0.321. The molecule has 0 saturated carbocycles. The first-order valence-electron chi connectivity index (χ1n) is 5.71. The van der Waals surface area contributed by atoms with Gasteiger partial charge in [-0.2, -0.15) is 0 Å². The Morgan fingerprint density at radius 1 is 1.20 bits per heavy atom. The van der Waals surface area contributed by atoms with E-state index in [0.29, 0.717) is 5.75 Å². The summed E-state index contributed by atoms with van der Waals surface area (Å²) >= 11 is 0. The van der Waals surface area contributed by atoms with Crippen molar-refractivity contribution in [3.05, 3.63) is 24.0 Å². The van der Waals surface area contributed by atoms with Crippen molar-refractivity contribution in [2.24, 2.45) is 0 Å². The van der Waals surface area contributed by atoms with E-state index in [0.717, 1.165) is 25.3 Å². The standard InChI is InChI=1S/C12H18N2O/c15-12-6-5-7-13-11(12)10-14-8-3-1-2-4-9-14/h5-7,15H,1-4,8-10H2. The molecule has 15 heavy (non-hydrogen) atoms. The lowest BCUT2D eigenvalue weighted by molar-refractivity contribution is 0.269. The number of hydrogen-bond donors (Lipinski definition) is 1. The largest absolute Gasteiger partial charge is 0.506 e. The van der Waals surface area contributed by atoms with Gasteiger partial charge in [0.05, 0.1) is 5.69 Å². The van der Waals surface area contributed by atoms with Crippen molar-refractivity contribution in [1.82, 2.24) is 9.88 Å². The highest BCUT2D eigenvalue weighted by atomic mass is 16.3. The number of nitrogens with zero attached hydrogens (tertiary/aromatic N) is 2. The highest BCUT2D eigenvalue weighted by Crippen LogP contribution is 2.17. The van der Waals surface area contributed by atoms with E-state index in [1.807, 2.05) is 0 Å². The van der Waals surface area contributed by atoms with Crippen molar-refractivity contribution in [1.29, 1.82) is 0 Å². The molecule has 2 heterocycles. The molecule has 1 saturated heterocycles. The topological polar surface area (TPSA) is 36.4 Å². The number of likely N-dealkylation sites (tertiary alicyclic amines) is 1. The number of pyridine rings is 1. The van der Waals surface area contributed by atoms with E-state index < -0.39 is 0 Å². The van der Waals surface area contributed by atoms with E-state index in [1.165, 1.54) is 25.7 Å². The van der Waals surface area contributed by atoms with Crippen LogP contribution in [0.1, 0.15) is 31.4 Å². The van der Waals surface area contributed by atoms with Gasteiger partial charge in [0.1, 0.15) is 5.75 Å². The molecule has 82 valence electrons. The van der Waals surface area contributed by atoms with Gasteiger partial charge in [-0.15, -0.1) is 0 Å². The molecule has 0 radical (unpaired) electrons. The Bertz CT molecular complexity index is 306. The van der Waals surface area contributed by atoms with Gasteiger partial charge in [-0.1, -0.05) is 12.8 Å². The molecule has 0 aliphatic carbocycles. The van der Waals surface area contributed by atoms with Crippen LogP contribution in [-0.2, 0) is 6.54 Å². The molecule has 0 aromatic carbocycles. The third-order valence-corrected chi connectivity index (χ3v) is 2.94. The van der Waals surface area contributed by atoms with Crippen LogP contribution in [0.3, 0.4) is 0 Å². The maximum absolute atomic E-state index is 9.62. The minimum Gasteiger partial charge on any atom is -0.506 e. The summed E-state index contributed by atoms with van der Waals surface area (Å²) in [6.07, 6.45) is 6.96. The Labute approximate surface area is 90.8 Å². The Kier molecular flexibility index (Phi) is 3.56. The molecular weight excluding hydrogens is 188 g/mol. The van der Waals surface area contributed by atoms with Crippen molar-refractivity contribution in [2.75, 3.05) is 13.1 Å². The molecule has 1 fully saturated rings. The molecule has 2 rings (SSSR count). The second kappa shape index (κ2) is 5.12. The lowest BCUT2D eigenvalue weighted by Gasteiger charge is -2.19. The highest BCUT2D eigenvalue weighted by molar-refractivity contribution is 5.24. The van der Waals surface area contributed by atoms with Crippen LogP contribution < -0.4 is 0 Å². The SMILES string of the molecule is Oc1cccnc1CN1CCCCCC1. The van der Waals surface area contributed by atoms with Gasteiger partial charge in [0.25, 0.3) is 0 Å². The van der Waals surface area contributed by atoms with Crippen molar-refractivity contribution in [3.8, 4) is 5.75 Å². The Morgan fingerprint density at radius 3 is 2.60 bits per heavy atom. The van der Waals surface area contributed by atoms with Crippen LogP contribution in [0.5, 0.6) is 5.75 Å². The van der Waals surface area contributed by atoms with Gasteiger partial charge in [-0.3, -0.25) is 9.88 Å². The lowest BCUT2D eigenvalue weighted by atomic mass is 10.2. The maximum Gasteiger partial charge on any atom is 0.138 e. The molecule has 0 bridgehead atoms. The van der Waals surface area contributed by atoms with Gasteiger partial charge in [0.15, 0.2) is 0 Å². The molecule has 0 amide bonds. The van der Waals surface area contributed by atoms with Crippen molar-refractivity contribution >= 4 is 0 Å². The normalized spacial score (nSPS) is 18.7. The van der Waals surface area contributed by atoms with E-state index in [4.69, 9.17) is 0 Å². The molecule has 3 heteroatoms. The van der Waals surface area contributed by atoms with Gasteiger partial charge >= 0.3 is 0 Å². The van der Waals surface area contributed by atoms with Crippen LogP contribution in [0.2, 0.25) is 0 Å². The van der Waals surface area contributed by atoms with E-state index in [1.54, 1.807) is 18.3 Å². The number of hydrogen-bond acceptors (Lipinski definition) is 3. The first-order valence-corrected chi connectivity index (χ1v) is 5.71. The van der Waals surface area contributed by atoms with Crippen LogP contribution >= 0.6 is 0 Å². The van der Waals surface area contributed by atoms with Gasteiger partial charge in [-0.05, 0) is 38.1 Å². The fourth-order valence-corrected chi connectivity index (χ4v) is 2.06. The molecule has 1 aliphatic heterocycles. The number of aromatic nitrogens is 1. The minimum atomic E-state index is 0.321. The maximum atomic E-state index is 9.62. The zero-order valence-electron chi connectivity index (χ0n) is 9.02. The predicted octanol–water partition coefficient (Wildman–Crippen LogP) is 2.16. The smallest absolute Gasteiger partial charge is 0.138 e. The van der Waals surface area contributed by atoms with Gasteiger partial charge in [0, 0.05) is 12.7 Å². The monoisotopic (exact) mass is 206 g/mol. The summed E-state index contributed by atoms with van der Waals surface area (Å²) in [4.78, 5) is 6.60. The zero-order valence-corrected chi connectivity index (χ0v) is 9.02. The summed E-state index contributed by atoms with van der Waals surface area (Å²) in [5, 5.41) is 9.62. The predicted molar refractivity (Wildman–Crippen MR) is 59.6 cm³/mol. The molecule has 0 unspecified atom stereocenters. The number of aromatic hydroxyl groups is 1. The van der Waals surface area contributed by atoms with E-state index in [2.05, 4.69) is 9.88 Å². The highest BCUT2D eigenvalue weighted by Gasteiger charge is 2.11. The second-order valence-electron chi connectivity index (χ2n) is 4.16. The molecule has 1 aromatic rings. The summed E-state index contributed by atoms with van der Waals surface area (Å²) in [5.41, 5.74) is 0.805. The second-order valence-corrected chi connectivity index (χ2v) is 4.16. The molecule has 1 aromatic heterocycles. The first kappa shape index (κ1) is 10.4. The zero-order chi connectivity index (χ0) is 10.5. The average Bonchev–Trinajstić information content (AvgIpc) is 2.50. The fourth-order valence-electron chi connectivity index (χ4n) is 2.06. The Balaban J connectivity index is 1.98. The Morgan fingerprint density at radius 2 is 1.93 bits per heavy atom. The van der Waals surface area contributed by atoms with Crippen LogP contribution in [-0.4, -0.2) is 28.1 Å². The number of rotatable bonds is 2. The van der Waals surface area contributed by atoms with E-state index >= 15 is 0 Å². The summed E-state index contributed by atoms with van der Waals surface area (Å²) in [5.74, 6) is 0.321. The van der Waals surface area contributed by atoms with Crippen molar-refractivity contribution < 1.29 is 5.11 Å². The van der Waals surface area contributed by atoms with Gasteiger partial charge in [0.2, 0.25) is 0 Å². The Hall–Kier alpha value is -1.09. The molecule has 1 N–H and O–H groups in total. The van der Waals surface area contributed by atoms with Gasteiger partial charge in [-0.25, -0.2) is 0 Å². The third kappa shape index (κ3) is 2.93. The van der Waals surface area contributed by atoms with Crippen LogP contribution in [0, 0.1) is 0 Å². The molecule has 0 spiro atoms. The molecule has 1 aliphatic rings. The van der Waals surface area contributed by atoms with E-state index in [-0.39, 0.29) is 0 Å². The molecule has 0 atom stereocenters. The third-order valence-electron chi connectivity index (χ3n) is 2.94. The van der Waals surface area contributed by atoms with Crippen LogP contribution in [0.4, 0.5) is 0 Å². The summed E-state index contributed by atoms with van der Waals surface area (Å²) in [6.45, 7) is 3.05. The van der Waals surface area contributed by atoms with Gasteiger partial charge < -0.3 is 5.11 Å². The van der Waals surface area contributed by atoms with Crippen molar-refractivity contribution in [3.63, 3.8) is 0 Å². The van der Waals surface area contributed by atoms with Crippen molar-refractivity contribution in [2.45, 2.75) is 32.2 Å². The summed E-state index contributed by atoms with van der Waals surface area (Å²) in [6, 6.07) is 3.47. The average molecular weight is 206 g/mol. The lowest BCUT2D eigenvalue weighted by Crippen LogP contribution is -2.24. The van der Waals surface area contributed by atoms with E-state index in [9.17, 15) is 5.11 Å². The fraction of sp³-hybridized carbons (Fsp3) is 0.583. The first-order chi connectivity index (χ1) is 7.36. The molecular formula is C12H18N2O. The molecule has 3 nitrogen and oxygen atoms in total.